The summed E-state index contributed by atoms with van der Waals surface area (Å²) >= 11 is 0. The number of urea groups is 1. The van der Waals surface area contributed by atoms with Crippen molar-refractivity contribution < 1.29 is 24.5 Å². The molecular formula is C22H34N2O5. The minimum absolute atomic E-state index is 0.0135. The van der Waals surface area contributed by atoms with Gasteiger partial charge in [-0.3, -0.25) is 4.79 Å². The highest BCUT2D eigenvalue weighted by molar-refractivity contribution is 5.74. The molecule has 162 valence electrons. The van der Waals surface area contributed by atoms with Crippen LogP contribution in [-0.2, 0) is 16.1 Å². The molecule has 7 heteroatoms. The number of rotatable bonds is 7. The van der Waals surface area contributed by atoms with Crippen LogP contribution in [0.4, 0.5) is 4.79 Å². The average Bonchev–Trinajstić information content (AvgIpc) is 2.97. The predicted octanol–water partition coefficient (Wildman–Crippen LogP) is 3.78. The van der Waals surface area contributed by atoms with E-state index in [1.165, 1.54) is 12.1 Å². The van der Waals surface area contributed by atoms with Crippen LogP contribution in [-0.4, -0.2) is 45.8 Å². The summed E-state index contributed by atoms with van der Waals surface area (Å²) in [6.45, 7) is 9.36. The van der Waals surface area contributed by atoms with Crippen LogP contribution in [0.15, 0.2) is 18.2 Å². The lowest BCUT2D eigenvalue weighted by Crippen LogP contribution is -2.38. The van der Waals surface area contributed by atoms with Crippen molar-refractivity contribution in [3.05, 3.63) is 23.8 Å². The normalized spacial score (nSPS) is 19.2. The fourth-order valence-electron chi connectivity index (χ4n) is 3.63. The average molecular weight is 407 g/mol. The Kier molecular flexibility index (Phi) is 7.76. The van der Waals surface area contributed by atoms with E-state index in [1.807, 2.05) is 20.8 Å². The summed E-state index contributed by atoms with van der Waals surface area (Å²) in [6.07, 6.45) is 3.14. The highest BCUT2D eigenvalue weighted by Crippen LogP contribution is 2.28. The number of hydrogen-bond acceptors (Lipinski definition) is 5. The van der Waals surface area contributed by atoms with Gasteiger partial charge < -0.3 is 25.2 Å². The van der Waals surface area contributed by atoms with E-state index in [4.69, 9.17) is 4.74 Å². The second kappa shape index (κ2) is 9.85. The van der Waals surface area contributed by atoms with Gasteiger partial charge in [0, 0.05) is 37.7 Å². The Morgan fingerprint density at radius 1 is 1.21 bits per heavy atom. The van der Waals surface area contributed by atoms with Gasteiger partial charge in [-0.15, -0.1) is 0 Å². The fourth-order valence-corrected chi connectivity index (χ4v) is 3.63. The second-order valence-electron chi connectivity index (χ2n) is 8.95. The molecule has 0 aliphatic carbocycles. The number of phenolic OH excluding ortho intramolecular Hbond substituents is 2. The molecule has 0 spiro atoms. The standard InChI is InChI=1S/C22H34N2O5/c1-15-13-24(21(28)23-12-16-9-10-18(25)11-19(16)26)14-17(15)7-5-6-8-20(27)29-22(2,3)4/h9-11,15,17,25-26H,5-8,12-14H2,1-4H3,(H,23,28). The van der Waals surface area contributed by atoms with E-state index in [0.717, 1.165) is 19.3 Å². The Labute approximate surface area is 173 Å². The number of nitrogens with zero attached hydrogens (tertiary/aromatic N) is 1. The van der Waals surface area contributed by atoms with Gasteiger partial charge in [-0.25, -0.2) is 4.79 Å². The Hall–Kier alpha value is -2.44. The summed E-state index contributed by atoms with van der Waals surface area (Å²) < 4.78 is 5.33. The van der Waals surface area contributed by atoms with E-state index >= 15 is 0 Å². The summed E-state index contributed by atoms with van der Waals surface area (Å²) in [5.74, 6) is 0.615. The molecule has 1 fully saturated rings. The predicted molar refractivity (Wildman–Crippen MR) is 111 cm³/mol. The molecule has 0 saturated carbocycles. The molecule has 7 nitrogen and oxygen atoms in total. The van der Waals surface area contributed by atoms with Gasteiger partial charge in [-0.1, -0.05) is 13.3 Å². The number of hydrogen-bond donors (Lipinski definition) is 3. The number of benzene rings is 1. The molecule has 0 aromatic heterocycles. The number of aromatic hydroxyl groups is 2. The maximum atomic E-state index is 12.5. The van der Waals surface area contributed by atoms with Crippen molar-refractivity contribution in [2.45, 2.75) is 65.5 Å². The molecule has 2 rings (SSSR count). The van der Waals surface area contributed by atoms with E-state index in [0.29, 0.717) is 36.9 Å². The third-order valence-electron chi connectivity index (χ3n) is 5.18. The van der Waals surface area contributed by atoms with Crippen molar-refractivity contribution in [3.63, 3.8) is 0 Å². The van der Waals surface area contributed by atoms with Gasteiger partial charge in [0.25, 0.3) is 0 Å². The van der Waals surface area contributed by atoms with E-state index in [9.17, 15) is 19.8 Å². The highest BCUT2D eigenvalue weighted by Gasteiger charge is 2.32. The van der Waals surface area contributed by atoms with Crippen LogP contribution in [0.1, 0.15) is 58.9 Å². The smallest absolute Gasteiger partial charge is 0.317 e. The molecule has 1 aliphatic heterocycles. The summed E-state index contributed by atoms with van der Waals surface area (Å²) in [6, 6.07) is 4.17. The number of esters is 1. The van der Waals surface area contributed by atoms with E-state index < -0.39 is 5.60 Å². The zero-order chi connectivity index (χ0) is 21.6. The van der Waals surface area contributed by atoms with E-state index in [-0.39, 0.29) is 30.0 Å². The van der Waals surface area contributed by atoms with Crippen molar-refractivity contribution in [2.75, 3.05) is 13.1 Å². The van der Waals surface area contributed by atoms with Gasteiger partial charge in [0.15, 0.2) is 0 Å². The number of likely N-dealkylation sites (tertiary alicyclic amines) is 1. The van der Waals surface area contributed by atoms with Gasteiger partial charge in [0.2, 0.25) is 0 Å². The lowest BCUT2D eigenvalue weighted by atomic mass is 9.92. The number of ether oxygens (including phenoxy) is 1. The van der Waals surface area contributed by atoms with Crippen LogP contribution in [0.2, 0.25) is 0 Å². The van der Waals surface area contributed by atoms with Crippen LogP contribution in [0.3, 0.4) is 0 Å². The largest absolute Gasteiger partial charge is 0.508 e. The number of carbonyl (C=O) groups is 2. The quantitative estimate of drug-likeness (QED) is 0.473. The molecular weight excluding hydrogens is 372 g/mol. The fraction of sp³-hybridized carbons (Fsp3) is 0.636. The highest BCUT2D eigenvalue weighted by atomic mass is 16.6. The maximum absolute atomic E-state index is 12.5. The lowest BCUT2D eigenvalue weighted by molar-refractivity contribution is -0.154. The first-order valence-electron chi connectivity index (χ1n) is 10.3. The van der Waals surface area contributed by atoms with Gasteiger partial charge in [0.05, 0.1) is 0 Å². The number of amides is 2. The first kappa shape index (κ1) is 22.8. The maximum Gasteiger partial charge on any atom is 0.317 e. The molecule has 1 aliphatic rings. The molecule has 0 radical (unpaired) electrons. The van der Waals surface area contributed by atoms with Gasteiger partial charge in [-0.05, 0) is 57.6 Å². The Bertz CT molecular complexity index is 714. The monoisotopic (exact) mass is 406 g/mol. The van der Waals surface area contributed by atoms with Crippen molar-refractivity contribution in [1.29, 1.82) is 0 Å². The van der Waals surface area contributed by atoms with Crippen molar-refractivity contribution >= 4 is 12.0 Å². The van der Waals surface area contributed by atoms with E-state index in [2.05, 4.69) is 12.2 Å². The minimum atomic E-state index is -0.443. The number of nitrogens with one attached hydrogen (secondary N) is 1. The summed E-state index contributed by atoms with van der Waals surface area (Å²) in [5, 5.41) is 22.0. The summed E-state index contributed by atoms with van der Waals surface area (Å²) in [5.41, 5.74) is 0.115. The molecule has 3 N–H and O–H groups in total. The molecule has 1 heterocycles. The number of phenols is 2. The Balaban J connectivity index is 1.71. The molecule has 0 bridgehead atoms. The lowest BCUT2D eigenvalue weighted by Gasteiger charge is -2.19. The van der Waals surface area contributed by atoms with Crippen LogP contribution in [0.5, 0.6) is 11.5 Å². The first-order chi connectivity index (χ1) is 13.5. The van der Waals surface area contributed by atoms with E-state index in [1.54, 1.807) is 11.0 Å². The molecule has 2 unspecified atom stereocenters. The van der Waals surface area contributed by atoms with Crippen LogP contribution in [0.25, 0.3) is 0 Å². The molecule has 1 saturated heterocycles. The molecule has 1 aromatic rings. The zero-order valence-electron chi connectivity index (χ0n) is 17.9. The van der Waals surface area contributed by atoms with Gasteiger partial charge in [0.1, 0.15) is 17.1 Å². The van der Waals surface area contributed by atoms with Gasteiger partial charge >= 0.3 is 12.0 Å². The third kappa shape index (κ3) is 7.48. The molecule has 2 amide bonds. The number of carbonyl (C=O) groups excluding carboxylic acids is 2. The third-order valence-corrected chi connectivity index (χ3v) is 5.18. The first-order valence-corrected chi connectivity index (χ1v) is 10.3. The van der Waals surface area contributed by atoms with Crippen molar-refractivity contribution in [3.8, 4) is 11.5 Å². The molecule has 29 heavy (non-hydrogen) atoms. The Morgan fingerprint density at radius 3 is 2.59 bits per heavy atom. The molecule has 2 atom stereocenters. The Morgan fingerprint density at radius 2 is 1.93 bits per heavy atom. The zero-order valence-corrected chi connectivity index (χ0v) is 17.9. The van der Waals surface area contributed by atoms with Crippen LogP contribution < -0.4 is 5.32 Å². The minimum Gasteiger partial charge on any atom is -0.508 e. The number of unbranched alkanes of at least 4 members (excludes halogenated alkanes) is 1. The molecule has 1 aromatic carbocycles. The second-order valence-corrected chi connectivity index (χ2v) is 8.95. The topological polar surface area (TPSA) is 99.1 Å². The van der Waals surface area contributed by atoms with Gasteiger partial charge in [-0.2, -0.15) is 0 Å². The summed E-state index contributed by atoms with van der Waals surface area (Å²) in [7, 11) is 0. The van der Waals surface area contributed by atoms with Crippen LogP contribution >= 0.6 is 0 Å². The SMILES string of the molecule is CC1CN(C(=O)NCc2ccc(O)cc2O)CC1CCCCC(=O)OC(C)(C)C. The summed E-state index contributed by atoms with van der Waals surface area (Å²) in [4.78, 5) is 26.0. The van der Waals surface area contributed by atoms with Crippen LogP contribution in [0, 0.1) is 11.8 Å². The van der Waals surface area contributed by atoms with Crippen molar-refractivity contribution in [1.82, 2.24) is 10.2 Å². The van der Waals surface area contributed by atoms with Crippen molar-refractivity contribution in [2.24, 2.45) is 11.8 Å².